The Hall–Kier alpha value is -1.86. The van der Waals surface area contributed by atoms with Crippen molar-refractivity contribution in [2.24, 2.45) is 0 Å². The van der Waals surface area contributed by atoms with Gasteiger partial charge in [-0.1, -0.05) is 12.1 Å². The van der Waals surface area contributed by atoms with Gasteiger partial charge in [-0.15, -0.1) is 11.3 Å². The fraction of sp³-hybridized carbons (Fsp3) is 0.267. The largest absolute Gasteiger partial charge is 0.465 e. The van der Waals surface area contributed by atoms with Crippen LogP contribution in [-0.2, 0) is 10.9 Å². The lowest BCUT2D eigenvalue weighted by atomic mass is 10.1. The van der Waals surface area contributed by atoms with Crippen LogP contribution >= 0.6 is 11.3 Å². The van der Waals surface area contributed by atoms with E-state index in [1.54, 1.807) is 5.38 Å². The highest BCUT2D eigenvalue weighted by Gasteiger charge is 2.30. The second-order valence-electron chi connectivity index (χ2n) is 4.49. The molecule has 7 heteroatoms. The van der Waals surface area contributed by atoms with Gasteiger partial charge in [-0.2, -0.15) is 13.2 Å². The molecule has 1 aromatic heterocycles. The molecule has 22 heavy (non-hydrogen) atoms. The Labute approximate surface area is 129 Å². The lowest BCUT2D eigenvalue weighted by molar-refractivity contribution is -0.137. The van der Waals surface area contributed by atoms with Crippen LogP contribution in [-0.4, -0.2) is 19.7 Å². The maximum atomic E-state index is 12.6. The second-order valence-corrected chi connectivity index (χ2v) is 5.37. The maximum Gasteiger partial charge on any atom is 0.416 e. The van der Waals surface area contributed by atoms with Crippen LogP contribution in [0.3, 0.4) is 0 Å². The number of Topliss-reactive ketones (excluding diaryl/α,β-unsaturated/α-hetero) is 1. The zero-order valence-electron chi connectivity index (χ0n) is 11.9. The van der Waals surface area contributed by atoms with E-state index in [2.05, 4.69) is 0 Å². The molecule has 2 aromatic rings. The third-order valence-electron chi connectivity index (χ3n) is 2.92. The Kier molecular flexibility index (Phi) is 4.87. The predicted molar refractivity (Wildman–Crippen MR) is 77.3 cm³/mol. The van der Waals surface area contributed by atoms with E-state index >= 15 is 0 Å². The number of carbonyl (C=O) groups excluding carboxylic acids is 1. The van der Waals surface area contributed by atoms with Crippen molar-refractivity contribution in [2.45, 2.75) is 13.1 Å². The minimum absolute atomic E-state index is 0.0509. The normalized spacial score (nSPS) is 11.5. The average molecular weight is 330 g/mol. The van der Waals surface area contributed by atoms with Crippen molar-refractivity contribution >= 4 is 17.1 Å². The number of rotatable bonds is 5. The molecule has 0 saturated heterocycles. The SMILES string of the molecule is COCOc1c(C(C)=O)csc1-c1ccc(C(F)(F)F)cc1. The van der Waals surface area contributed by atoms with Gasteiger partial charge in [0.2, 0.25) is 0 Å². The summed E-state index contributed by atoms with van der Waals surface area (Å²) >= 11 is 1.24. The number of methoxy groups -OCH3 is 1. The van der Waals surface area contributed by atoms with E-state index < -0.39 is 11.7 Å². The summed E-state index contributed by atoms with van der Waals surface area (Å²) in [7, 11) is 1.44. The molecule has 118 valence electrons. The minimum Gasteiger partial charge on any atom is -0.465 e. The van der Waals surface area contributed by atoms with Gasteiger partial charge < -0.3 is 9.47 Å². The molecule has 3 nitrogen and oxygen atoms in total. The molecule has 0 unspecified atom stereocenters. The third kappa shape index (κ3) is 3.48. The summed E-state index contributed by atoms with van der Waals surface area (Å²) in [6.07, 6.45) is -4.38. The maximum absolute atomic E-state index is 12.6. The van der Waals surface area contributed by atoms with Gasteiger partial charge in [0, 0.05) is 12.5 Å². The van der Waals surface area contributed by atoms with Gasteiger partial charge in [0.05, 0.1) is 16.0 Å². The minimum atomic E-state index is -4.38. The zero-order chi connectivity index (χ0) is 16.3. The van der Waals surface area contributed by atoms with E-state index in [-0.39, 0.29) is 12.6 Å². The van der Waals surface area contributed by atoms with Crippen LogP contribution in [0.2, 0.25) is 0 Å². The predicted octanol–water partition coefficient (Wildman–Crippen LogP) is 4.62. The van der Waals surface area contributed by atoms with Crippen molar-refractivity contribution in [3.63, 3.8) is 0 Å². The Bertz CT molecular complexity index is 660. The number of hydrogen-bond donors (Lipinski definition) is 0. The molecule has 1 heterocycles. The number of halogens is 3. The number of ketones is 1. The van der Waals surface area contributed by atoms with Gasteiger partial charge >= 0.3 is 6.18 Å². The molecule has 0 N–H and O–H groups in total. The fourth-order valence-electron chi connectivity index (χ4n) is 1.86. The van der Waals surface area contributed by atoms with Crippen molar-refractivity contribution in [3.05, 3.63) is 40.8 Å². The Morgan fingerprint density at radius 2 is 1.86 bits per heavy atom. The summed E-state index contributed by atoms with van der Waals surface area (Å²) < 4.78 is 48.0. The van der Waals surface area contributed by atoms with Gasteiger partial charge in [-0.25, -0.2) is 0 Å². The van der Waals surface area contributed by atoms with Gasteiger partial charge in [0.1, 0.15) is 0 Å². The molecular weight excluding hydrogens is 317 g/mol. The van der Waals surface area contributed by atoms with Crippen molar-refractivity contribution in [3.8, 4) is 16.2 Å². The van der Waals surface area contributed by atoms with Crippen molar-refractivity contribution in [1.82, 2.24) is 0 Å². The zero-order valence-corrected chi connectivity index (χ0v) is 12.7. The lowest BCUT2D eigenvalue weighted by Crippen LogP contribution is -2.04. The van der Waals surface area contributed by atoms with Crippen LogP contribution in [0.15, 0.2) is 29.6 Å². The summed E-state index contributed by atoms with van der Waals surface area (Å²) in [6, 6.07) is 4.72. The van der Waals surface area contributed by atoms with Crippen LogP contribution in [0.1, 0.15) is 22.8 Å². The van der Waals surface area contributed by atoms with Crippen LogP contribution in [0.4, 0.5) is 13.2 Å². The second kappa shape index (κ2) is 6.50. The molecule has 0 saturated carbocycles. The molecule has 0 radical (unpaired) electrons. The van der Waals surface area contributed by atoms with Gasteiger partial charge in [0.25, 0.3) is 0 Å². The first-order chi connectivity index (χ1) is 10.3. The summed E-state index contributed by atoms with van der Waals surface area (Å²) in [5.41, 5.74) is 0.215. The molecule has 2 rings (SSSR count). The lowest BCUT2D eigenvalue weighted by Gasteiger charge is -2.10. The topological polar surface area (TPSA) is 35.5 Å². The number of carbonyl (C=O) groups is 1. The smallest absolute Gasteiger partial charge is 0.416 e. The van der Waals surface area contributed by atoms with E-state index in [0.29, 0.717) is 21.8 Å². The summed E-state index contributed by atoms with van der Waals surface area (Å²) in [6.45, 7) is 1.35. The molecule has 0 aliphatic carbocycles. The molecule has 0 fully saturated rings. The number of alkyl halides is 3. The van der Waals surface area contributed by atoms with Crippen molar-refractivity contribution < 1.29 is 27.4 Å². The van der Waals surface area contributed by atoms with E-state index in [1.165, 1.54) is 37.5 Å². The Balaban J connectivity index is 2.41. The summed E-state index contributed by atoms with van der Waals surface area (Å²) in [5.74, 6) is 0.152. The van der Waals surface area contributed by atoms with E-state index in [4.69, 9.17) is 9.47 Å². The number of benzene rings is 1. The van der Waals surface area contributed by atoms with Crippen molar-refractivity contribution in [2.75, 3.05) is 13.9 Å². The van der Waals surface area contributed by atoms with Crippen molar-refractivity contribution in [1.29, 1.82) is 0 Å². The monoisotopic (exact) mass is 330 g/mol. The fourth-order valence-corrected chi connectivity index (χ4v) is 2.92. The standard InChI is InChI=1S/C15H13F3O3S/c1-9(19)12-7-22-14(13(12)21-8-20-2)10-3-5-11(6-4-10)15(16,17)18/h3-7H,8H2,1-2H3. The molecular formula is C15H13F3O3S. The van der Waals surface area contributed by atoms with Crippen LogP contribution in [0.5, 0.6) is 5.75 Å². The number of ether oxygens (including phenoxy) is 2. The van der Waals surface area contributed by atoms with Crippen LogP contribution in [0, 0.1) is 0 Å². The van der Waals surface area contributed by atoms with Gasteiger partial charge in [-0.3, -0.25) is 4.79 Å². The molecule has 0 aliphatic rings. The molecule has 0 spiro atoms. The molecule has 0 amide bonds. The number of thiophene rings is 1. The van der Waals surface area contributed by atoms with E-state index in [0.717, 1.165) is 12.1 Å². The first-order valence-corrected chi connectivity index (χ1v) is 7.14. The summed E-state index contributed by atoms with van der Waals surface area (Å²) in [5, 5.41) is 1.63. The van der Waals surface area contributed by atoms with Crippen LogP contribution in [0.25, 0.3) is 10.4 Å². The highest BCUT2D eigenvalue weighted by atomic mass is 32.1. The average Bonchev–Trinajstić information content (AvgIpc) is 2.88. The molecule has 1 aromatic carbocycles. The highest BCUT2D eigenvalue weighted by Crippen LogP contribution is 2.40. The summed E-state index contributed by atoms with van der Waals surface area (Å²) in [4.78, 5) is 12.2. The Morgan fingerprint density at radius 1 is 1.23 bits per heavy atom. The van der Waals surface area contributed by atoms with E-state index in [9.17, 15) is 18.0 Å². The van der Waals surface area contributed by atoms with E-state index in [1.807, 2.05) is 0 Å². The molecule has 0 atom stereocenters. The first kappa shape index (κ1) is 16.5. The quantitative estimate of drug-likeness (QED) is 0.593. The van der Waals surface area contributed by atoms with Gasteiger partial charge in [-0.05, 0) is 24.6 Å². The number of hydrogen-bond acceptors (Lipinski definition) is 4. The first-order valence-electron chi connectivity index (χ1n) is 6.26. The Morgan fingerprint density at radius 3 is 2.36 bits per heavy atom. The molecule has 0 aliphatic heterocycles. The van der Waals surface area contributed by atoms with Gasteiger partial charge in [0.15, 0.2) is 18.3 Å². The molecule has 0 bridgehead atoms. The third-order valence-corrected chi connectivity index (χ3v) is 3.93. The van der Waals surface area contributed by atoms with Crippen LogP contribution < -0.4 is 4.74 Å². The highest BCUT2D eigenvalue weighted by molar-refractivity contribution is 7.14.